The Balaban J connectivity index is 0.000000437. The summed E-state index contributed by atoms with van der Waals surface area (Å²) in [6.45, 7) is 6.51. The third kappa shape index (κ3) is 10.2. The zero-order valence-electron chi connectivity index (χ0n) is 10.6. The standard InChI is InChI=1S/C8H16O4.C3H6O2/c1-8(2,10)12-5-7-3-6(9)4-11-7;1-2-5-3-4/h6-7,9-10H,3-5H2,1-2H3;3H,2H2,1H3/t6?,7-;/m1./s1. The third-order valence-electron chi connectivity index (χ3n) is 1.92. The molecule has 0 bridgehead atoms. The van der Waals surface area contributed by atoms with Crippen molar-refractivity contribution in [2.75, 3.05) is 19.8 Å². The molecule has 0 aromatic carbocycles. The molecular weight excluding hydrogens is 228 g/mol. The quantitative estimate of drug-likeness (QED) is 0.530. The van der Waals surface area contributed by atoms with Crippen LogP contribution in [0.25, 0.3) is 0 Å². The zero-order valence-corrected chi connectivity index (χ0v) is 10.6. The van der Waals surface area contributed by atoms with E-state index in [0.717, 1.165) is 0 Å². The van der Waals surface area contributed by atoms with E-state index in [2.05, 4.69) is 4.74 Å². The van der Waals surface area contributed by atoms with Crippen molar-refractivity contribution < 1.29 is 29.2 Å². The van der Waals surface area contributed by atoms with Crippen LogP contribution in [-0.2, 0) is 19.0 Å². The van der Waals surface area contributed by atoms with Crippen LogP contribution in [0.3, 0.4) is 0 Å². The maximum atomic E-state index is 9.20. The van der Waals surface area contributed by atoms with Gasteiger partial charge in [-0.15, -0.1) is 0 Å². The van der Waals surface area contributed by atoms with Crippen molar-refractivity contribution in [3.05, 3.63) is 0 Å². The van der Waals surface area contributed by atoms with E-state index in [4.69, 9.17) is 14.6 Å². The number of carbonyl (C=O) groups excluding carboxylic acids is 1. The smallest absolute Gasteiger partial charge is 0.293 e. The molecule has 1 rings (SSSR count). The molecule has 0 aromatic rings. The Morgan fingerprint density at radius 2 is 2.18 bits per heavy atom. The highest BCUT2D eigenvalue weighted by Gasteiger charge is 2.25. The molecule has 17 heavy (non-hydrogen) atoms. The average molecular weight is 250 g/mol. The van der Waals surface area contributed by atoms with Gasteiger partial charge in [0.05, 0.1) is 32.0 Å². The van der Waals surface area contributed by atoms with Crippen LogP contribution >= 0.6 is 0 Å². The van der Waals surface area contributed by atoms with Crippen LogP contribution in [-0.4, -0.2) is 54.5 Å². The van der Waals surface area contributed by atoms with Gasteiger partial charge in [-0.3, -0.25) is 4.79 Å². The maximum Gasteiger partial charge on any atom is 0.293 e. The lowest BCUT2D eigenvalue weighted by atomic mass is 10.2. The minimum Gasteiger partial charge on any atom is -0.468 e. The second-order valence-electron chi connectivity index (χ2n) is 4.15. The Hall–Kier alpha value is -0.690. The molecule has 0 spiro atoms. The topological polar surface area (TPSA) is 85.2 Å². The van der Waals surface area contributed by atoms with Crippen molar-refractivity contribution in [2.45, 2.75) is 45.2 Å². The Labute approximate surface area is 101 Å². The first-order valence-corrected chi connectivity index (χ1v) is 5.60. The Morgan fingerprint density at radius 1 is 1.53 bits per heavy atom. The molecular formula is C11H22O6. The summed E-state index contributed by atoms with van der Waals surface area (Å²) in [6.07, 6.45) is 0.141. The van der Waals surface area contributed by atoms with Gasteiger partial charge in [0, 0.05) is 6.42 Å². The van der Waals surface area contributed by atoms with E-state index in [-0.39, 0.29) is 12.2 Å². The van der Waals surface area contributed by atoms with Gasteiger partial charge in [-0.05, 0) is 20.8 Å². The van der Waals surface area contributed by atoms with Gasteiger partial charge in [-0.1, -0.05) is 0 Å². The summed E-state index contributed by atoms with van der Waals surface area (Å²) < 4.78 is 14.4. The summed E-state index contributed by atoms with van der Waals surface area (Å²) in [5, 5.41) is 18.3. The molecule has 1 unspecified atom stereocenters. The van der Waals surface area contributed by atoms with Gasteiger partial charge < -0.3 is 24.4 Å². The first-order valence-electron chi connectivity index (χ1n) is 5.60. The number of ether oxygens (including phenoxy) is 3. The molecule has 2 atom stereocenters. The second kappa shape index (κ2) is 8.41. The van der Waals surface area contributed by atoms with Crippen molar-refractivity contribution >= 4 is 6.47 Å². The molecule has 1 heterocycles. The Kier molecular flexibility index (Phi) is 8.07. The lowest BCUT2D eigenvalue weighted by molar-refractivity contribution is -0.190. The number of aliphatic hydroxyl groups excluding tert-OH is 1. The second-order valence-corrected chi connectivity index (χ2v) is 4.15. The van der Waals surface area contributed by atoms with E-state index >= 15 is 0 Å². The number of carbonyl (C=O) groups is 1. The molecule has 0 aromatic heterocycles. The average Bonchev–Trinajstić information content (AvgIpc) is 2.63. The van der Waals surface area contributed by atoms with Gasteiger partial charge in [-0.2, -0.15) is 0 Å². The van der Waals surface area contributed by atoms with E-state index in [1.807, 2.05) is 0 Å². The Morgan fingerprint density at radius 3 is 2.47 bits per heavy atom. The van der Waals surface area contributed by atoms with Crippen molar-refractivity contribution in [1.29, 1.82) is 0 Å². The summed E-state index contributed by atoms with van der Waals surface area (Å²) in [5.41, 5.74) is 0. The van der Waals surface area contributed by atoms with Crippen molar-refractivity contribution in [3.63, 3.8) is 0 Å². The minimum atomic E-state index is -1.11. The predicted octanol–water partition coefficient (Wildman–Crippen LogP) is 0.0605. The summed E-state index contributed by atoms with van der Waals surface area (Å²) in [5.74, 6) is -1.11. The molecule has 1 aliphatic heterocycles. The fraction of sp³-hybridized carbons (Fsp3) is 0.909. The number of hydrogen-bond donors (Lipinski definition) is 2. The Bertz CT molecular complexity index is 201. The first kappa shape index (κ1) is 16.3. The lowest BCUT2D eigenvalue weighted by Gasteiger charge is -2.20. The summed E-state index contributed by atoms with van der Waals surface area (Å²) in [4.78, 5) is 9.18. The fourth-order valence-electron chi connectivity index (χ4n) is 1.17. The van der Waals surface area contributed by atoms with Gasteiger partial charge in [0.25, 0.3) is 6.47 Å². The lowest BCUT2D eigenvalue weighted by Crippen LogP contribution is -2.28. The highest BCUT2D eigenvalue weighted by molar-refractivity contribution is 5.36. The van der Waals surface area contributed by atoms with E-state index in [0.29, 0.717) is 32.7 Å². The van der Waals surface area contributed by atoms with Gasteiger partial charge >= 0.3 is 0 Å². The fourth-order valence-corrected chi connectivity index (χ4v) is 1.17. The molecule has 1 aliphatic rings. The van der Waals surface area contributed by atoms with E-state index in [1.165, 1.54) is 0 Å². The van der Waals surface area contributed by atoms with Crippen LogP contribution in [0.1, 0.15) is 27.2 Å². The minimum absolute atomic E-state index is 0.0774. The summed E-state index contributed by atoms with van der Waals surface area (Å²) in [7, 11) is 0. The van der Waals surface area contributed by atoms with Crippen molar-refractivity contribution in [1.82, 2.24) is 0 Å². The first-order chi connectivity index (χ1) is 7.89. The largest absolute Gasteiger partial charge is 0.468 e. The van der Waals surface area contributed by atoms with Crippen LogP contribution in [0.5, 0.6) is 0 Å². The van der Waals surface area contributed by atoms with E-state index in [9.17, 15) is 9.90 Å². The van der Waals surface area contributed by atoms with Gasteiger partial charge in [0.2, 0.25) is 0 Å². The normalized spacial score (nSPS) is 23.8. The third-order valence-corrected chi connectivity index (χ3v) is 1.92. The van der Waals surface area contributed by atoms with Crippen LogP contribution in [0.15, 0.2) is 0 Å². The molecule has 6 nitrogen and oxygen atoms in total. The monoisotopic (exact) mass is 250 g/mol. The summed E-state index contributed by atoms with van der Waals surface area (Å²) >= 11 is 0. The molecule has 1 fully saturated rings. The van der Waals surface area contributed by atoms with Crippen LogP contribution in [0.4, 0.5) is 0 Å². The molecule has 0 saturated carbocycles. The maximum absolute atomic E-state index is 9.20. The SMILES string of the molecule is CC(C)(O)OC[C@H]1CC(O)CO1.CCOC=O. The van der Waals surface area contributed by atoms with E-state index < -0.39 is 5.79 Å². The molecule has 2 N–H and O–H groups in total. The van der Waals surface area contributed by atoms with Gasteiger partial charge in [0.15, 0.2) is 5.79 Å². The van der Waals surface area contributed by atoms with Gasteiger partial charge in [-0.25, -0.2) is 0 Å². The molecule has 102 valence electrons. The molecule has 0 radical (unpaired) electrons. The van der Waals surface area contributed by atoms with Crippen LogP contribution < -0.4 is 0 Å². The molecule has 6 heteroatoms. The number of aliphatic hydroxyl groups is 2. The number of rotatable bonds is 5. The van der Waals surface area contributed by atoms with Crippen molar-refractivity contribution in [2.24, 2.45) is 0 Å². The molecule has 1 saturated heterocycles. The molecule has 0 amide bonds. The van der Waals surface area contributed by atoms with Crippen molar-refractivity contribution in [3.8, 4) is 0 Å². The number of hydrogen-bond acceptors (Lipinski definition) is 6. The molecule has 0 aliphatic carbocycles. The highest BCUT2D eigenvalue weighted by atomic mass is 16.6. The summed E-state index contributed by atoms with van der Waals surface area (Å²) in [6, 6.07) is 0. The van der Waals surface area contributed by atoms with Gasteiger partial charge in [0.1, 0.15) is 0 Å². The van der Waals surface area contributed by atoms with E-state index in [1.54, 1.807) is 20.8 Å². The predicted molar refractivity (Wildman–Crippen MR) is 60.3 cm³/mol. The van der Waals surface area contributed by atoms with Crippen LogP contribution in [0.2, 0.25) is 0 Å². The highest BCUT2D eigenvalue weighted by Crippen LogP contribution is 2.15. The zero-order chi connectivity index (χ0) is 13.3. The van der Waals surface area contributed by atoms with Crippen LogP contribution in [0, 0.1) is 0 Å².